The Balaban J connectivity index is 1.54. The zero-order valence-electron chi connectivity index (χ0n) is 9.34. The van der Waals surface area contributed by atoms with Gasteiger partial charge in [0, 0.05) is 18.4 Å². The van der Waals surface area contributed by atoms with Crippen LogP contribution in [0.2, 0.25) is 0 Å². The zero-order chi connectivity index (χ0) is 10.8. The predicted octanol–water partition coefficient (Wildman–Crippen LogP) is 2.27. The average molecular weight is 239 g/mol. The third-order valence-electron chi connectivity index (χ3n) is 3.15. The third-order valence-corrected chi connectivity index (χ3v) is 4.24. The van der Waals surface area contributed by atoms with Gasteiger partial charge in [0.05, 0.1) is 6.10 Å². The van der Waals surface area contributed by atoms with Crippen molar-refractivity contribution in [1.82, 2.24) is 14.8 Å². The summed E-state index contributed by atoms with van der Waals surface area (Å²) in [6.07, 6.45) is 8.58. The van der Waals surface area contributed by atoms with Crippen LogP contribution in [0.5, 0.6) is 0 Å². The summed E-state index contributed by atoms with van der Waals surface area (Å²) in [7, 11) is 0. The SMILES string of the molecule is c1nnc(SCC2CCCCO2)n1C1CC1. The maximum Gasteiger partial charge on any atom is 0.191 e. The van der Waals surface area contributed by atoms with Crippen molar-refractivity contribution in [2.24, 2.45) is 0 Å². The van der Waals surface area contributed by atoms with Crippen molar-refractivity contribution in [1.29, 1.82) is 0 Å². The zero-order valence-corrected chi connectivity index (χ0v) is 10.2. The van der Waals surface area contributed by atoms with Crippen LogP contribution in [-0.2, 0) is 4.74 Å². The summed E-state index contributed by atoms with van der Waals surface area (Å²) in [5, 5.41) is 9.25. The van der Waals surface area contributed by atoms with Crippen LogP contribution in [0.3, 0.4) is 0 Å². The standard InChI is InChI=1S/C11H17N3OS/c1-2-6-15-10(3-1)7-16-11-13-12-8-14(11)9-4-5-9/h8-10H,1-7H2. The normalized spacial score (nSPS) is 25.9. The molecule has 88 valence electrons. The van der Waals surface area contributed by atoms with Crippen molar-refractivity contribution < 1.29 is 4.74 Å². The van der Waals surface area contributed by atoms with Crippen molar-refractivity contribution >= 4 is 11.8 Å². The highest BCUT2D eigenvalue weighted by atomic mass is 32.2. The van der Waals surface area contributed by atoms with Gasteiger partial charge < -0.3 is 9.30 Å². The lowest BCUT2D eigenvalue weighted by molar-refractivity contribution is 0.0315. The molecule has 1 saturated heterocycles. The van der Waals surface area contributed by atoms with E-state index in [9.17, 15) is 0 Å². The molecule has 1 aliphatic heterocycles. The topological polar surface area (TPSA) is 39.9 Å². The molecule has 5 heteroatoms. The fourth-order valence-electron chi connectivity index (χ4n) is 2.04. The highest BCUT2D eigenvalue weighted by molar-refractivity contribution is 7.99. The van der Waals surface area contributed by atoms with Crippen LogP contribution < -0.4 is 0 Å². The number of nitrogens with zero attached hydrogens (tertiary/aromatic N) is 3. The fourth-order valence-corrected chi connectivity index (χ4v) is 3.09. The monoisotopic (exact) mass is 239 g/mol. The van der Waals surface area contributed by atoms with E-state index in [1.54, 1.807) is 11.8 Å². The number of hydrogen-bond acceptors (Lipinski definition) is 4. The second-order valence-corrected chi connectivity index (χ2v) is 5.54. The molecular formula is C11H17N3OS. The van der Waals surface area contributed by atoms with Gasteiger partial charge in [-0.2, -0.15) is 0 Å². The Bertz CT molecular complexity index is 345. The lowest BCUT2D eigenvalue weighted by Gasteiger charge is -2.21. The number of hydrogen-bond donors (Lipinski definition) is 0. The van der Waals surface area contributed by atoms with Crippen LogP contribution in [0.15, 0.2) is 11.5 Å². The third kappa shape index (κ3) is 2.40. The van der Waals surface area contributed by atoms with Gasteiger partial charge in [-0.25, -0.2) is 0 Å². The molecule has 0 aromatic carbocycles. The minimum absolute atomic E-state index is 0.420. The molecule has 3 rings (SSSR count). The maximum atomic E-state index is 5.71. The van der Waals surface area contributed by atoms with Crippen LogP contribution in [-0.4, -0.2) is 33.2 Å². The van der Waals surface area contributed by atoms with E-state index in [0.717, 1.165) is 17.5 Å². The van der Waals surface area contributed by atoms with Gasteiger partial charge in [0.15, 0.2) is 5.16 Å². The number of ether oxygens (including phenoxy) is 1. The molecule has 0 N–H and O–H groups in total. The van der Waals surface area contributed by atoms with Crippen LogP contribution in [0.1, 0.15) is 38.1 Å². The van der Waals surface area contributed by atoms with Crippen LogP contribution in [0.4, 0.5) is 0 Å². The highest BCUT2D eigenvalue weighted by Crippen LogP contribution is 2.37. The molecule has 1 aliphatic carbocycles. The van der Waals surface area contributed by atoms with Gasteiger partial charge in [0.1, 0.15) is 6.33 Å². The van der Waals surface area contributed by atoms with Crippen LogP contribution >= 0.6 is 11.8 Å². The van der Waals surface area contributed by atoms with E-state index in [1.807, 2.05) is 6.33 Å². The Labute approximate surface area is 99.8 Å². The van der Waals surface area contributed by atoms with Gasteiger partial charge in [-0.3, -0.25) is 0 Å². The molecule has 2 aliphatic rings. The summed E-state index contributed by atoms with van der Waals surface area (Å²) in [6.45, 7) is 0.931. The highest BCUT2D eigenvalue weighted by Gasteiger charge is 2.26. The van der Waals surface area contributed by atoms with E-state index in [-0.39, 0.29) is 0 Å². The lowest BCUT2D eigenvalue weighted by atomic mass is 10.1. The summed E-state index contributed by atoms with van der Waals surface area (Å²) in [5.41, 5.74) is 0. The first kappa shape index (κ1) is 10.6. The average Bonchev–Trinajstić information content (AvgIpc) is 3.07. The molecular weight excluding hydrogens is 222 g/mol. The van der Waals surface area contributed by atoms with Crippen molar-refractivity contribution in [3.8, 4) is 0 Å². The summed E-state index contributed by atoms with van der Waals surface area (Å²) in [4.78, 5) is 0. The first-order chi connectivity index (χ1) is 7.93. The van der Waals surface area contributed by atoms with E-state index in [1.165, 1.54) is 32.1 Å². The van der Waals surface area contributed by atoms with Gasteiger partial charge >= 0.3 is 0 Å². The largest absolute Gasteiger partial charge is 0.377 e. The summed E-state index contributed by atoms with van der Waals surface area (Å²) in [5.74, 6) is 1.02. The van der Waals surface area contributed by atoms with Gasteiger partial charge in [-0.15, -0.1) is 10.2 Å². The quantitative estimate of drug-likeness (QED) is 0.756. The Morgan fingerprint density at radius 2 is 2.31 bits per heavy atom. The molecule has 0 amide bonds. The Kier molecular flexibility index (Phi) is 3.15. The lowest BCUT2D eigenvalue weighted by Crippen LogP contribution is -2.21. The second kappa shape index (κ2) is 4.75. The van der Waals surface area contributed by atoms with E-state index in [0.29, 0.717) is 12.1 Å². The fraction of sp³-hybridized carbons (Fsp3) is 0.818. The second-order valence-electron chi connectivity index (χ2n) is 4.55. The van der Waals surface area contributed by atoms with Crippen molar-refractivity contribution in [3.63, 3.8) is 0 Å². The minimum atomic E-state index is 0.420. The molecule has 1 atom stereocenters. The minimum Gasteiger partial charge on any atom is -0.377 e. The molecule has 0 bridgehead atoms. The molecule has 1 saturated carbocycles. The van der Waals surface area contributed by atoms with Gasteiger partial charge in [-0.05, 0) is 32.1 Å². The Morgan fingerprint density at radius 1 is 1.38 bits per heavy atom. The summed E-state index contributed by atoms with van der Waals surface area (Å²) < 4.78 is 7.93. The Morgan fingerprint density at radius 3 is 3.06 bits per heavy atom. The maximum absolute atomic E-state index is 5.71. The molecule has 0 spiro atoms. The summed E-state index contributed by atoms with van der Waals surface area (Å²) in [6, 6.07) is 0.671. The molecule has 1 aromatic rings. The molecule has 1 aromatic heterocycles. The van der Waals surface area contributed by atoms with Gasteiger partial charge in [0.2, 0.25) is 0 Å². The Hall–Kier alpha value is -0.550. The van der Waals surface area contributed by atoms with Crippen LogP contribution in [0.25, 0.3) is 0 Å². The van der Waals surface area contributed by atoms with Crippen LogP contribution in [0, 0.1) is 0 Å². The van der Waals surface area contributed by atoms with E-state index >= 15 is 0 Å². The van der Waals surface area contributed by atoms with Gasteiger partial charge in [-0.1, -0.05) is 11.8 Å². The van der Waals surface area contributed by atoms with Crippen molar-refractivity contribution in [2.75, 3.05) is 12.4 Å². The van der Waals surface area contributed by atoms with Gasteiger partial charge in [0.25, 0.3) is 0 Å². The number of rotatable bonds is 4. The van der Waals surface area contributed by atoms with E-state index in [2.05, 4.69) is 14.8 Å². The number of thioether (sulfide) groups is 1. The first-order valence-corrected chi connectivity index (χ1v) is 7.06. The number of aromatic nitrogens is 3. The molecule has 4 nitrogen and oxygen atoms in total. The van der Waals surface area contributed by atoms with E-state index in [4.69, 9.17) is 4.74 Å². The summed E-state index contributed by atoms with van der Waals surface area (Å²) >= 11 is 1.79. The predicted molar refractivity (Wildman–Crippen MR) is 62.6 cm³/mol. The first-order valence-electron chi connectivity index (χ1n) is 6.07. The smallest absolute Gasteiger partial charge is 0.191 e. The molecule has 0 radical (unpaired) electrons. The molecule has 2 heterocycles. The van der Waals surface area contributed by atoms with E-state index < -0.39 is 0 Å². The van der Waals surface area contributed by atoms with Crippen molar-refractivity contribution in [3.05, 3.63) is 6.33 Å². The molecule has 1 unspecified atom stereocenters. The molecule has 16 heavy (non-hydrogen) atoms. The van der Waals surface area contributed by atoms with Crippen molar-refractivity contribution in [2.45, 2.75) is 49.4 Å². The molecule has 2 fully saturated rings.